The summed E-state index contributed by atoms with van der Waals surface area (Å²) >= 11 is 0. The predicted molar refractivity (Wildman–Crippen MR) is 81.2 cm³/mol. The first-order chi connectivity index (χ1) is 11.2. The maximum absolute atomic E-state index is 12.6. The lowest BCUT2D eigenvalue weighted by atomic mass is 10.1. The molecule has 0 spiro atoms. The summed E-state index contributed by atoms with van der Waals surface area (Å²) in [4.78, 5) is 14.4. The van der Waals surface area contributed by atoms with E-state index in [9.17, 15) is 4.79 Å². The lowest BCUT2D eigenvalue weighted by Crippen LogP contribution is -2.36. The average molecular weight is 310 g/mol. The Balaban J connectivity index is 1.56. The summed E-state index contributed by atoms with van der Waals surface area (Å²) in [5.41, 5.74) is 8.52. The van der Waals surface area contributed by atoms with Crippen LogP contribution in [0, 0.1) is 0 Å². The second-order valence-corrected chi connectivity index (χ2v) is 5.36. The van der Waals surface area contributed by atoms with E-state index in [1.54, 1.807) is 35.4 Å². The molecular formula is C15H14N6O2. The van der Waals surface area contributed by atoms with Gasteiger partial charge in [0.2, 0.25) is 0 Å². The first kappa shape index (κ1) is 13.5. The fourth-order valence-corrected chi connectivity index (χ4v) is 2.67. The molecule has 116 valence electrons. The van der Waals surface area contributed by atoms with Crippen LogP contribution in [0.3, 0.4) is 0 Å². The number of H-pyrrole nitrogens is 1. The SMILES string of the molecule is Nc1cc2c(nn1)CCN(C(=O)c1cc(-c3ccco3)[nH]n1)C2. The number of amides is 1. The minimum Gasteiger partial charge on any atom is -0.463 e. The number of fused-ring (bicyclic) bond motifs is 1. The normalized spacial score (nSPS) is 13.8. The molecule has 8 heteroatoms. The highest BCUT2D eigenvalue weighted by molar-refractivity contribution is 5.93. The van der Waals surface area contributed by atoms with E-state index < -0.39 is 0 Å². The van der Waals surface area contributed by atoms with E-state index in [4.69, 9.17) is 10.2 Å². The number of anilines is 1. The van der Waals surface area contributed by atoms with Crippen molar-refractivity contribution in [3.05, 3.63) is 47.5 Å². The Morgan fingerprint density at radius 1 is 1.35 bits per heavy atom. The molecule has 0 radical (unpaired) electrons. The fourth-order valence-electron chi connectivity index (χ4n) is 2.67. The number of nitrogens with two attached hydrogens (primary N) is 1. The Hall–Kier alpha value is -3.16. The molecule has 0 aliphatic carbocycles. The van der Waals surface area contributed by atoms with Crippen LogP contribution in [0.25, 0.3) is 11.5 Å². The topological polar surface area (TPSA) is 114 Å². The molecule has 0 unspecified atom stereocenters. The molecule has 0 saturated heterocycles. The van der Waals surface area contributed by atoms with Gasteiger partial charge in [-0.25, -0.2) is 0 Å². The van der Waals surface area contributed by atoms with E-state index in [2.05, 4.69) is 20.4 Å². The predicted octanol–water partition coefficient (Wildman–Crippen LogP) is 1.24. The van der Waals surface area contributed by atoms with Crippen molar-refractivity contribution < 1.29 is 9.21 Å². The molecule has 0 atom stereocenters. The number of hydrogen-bond acceptors (Lipinski definition) is 6. The number of nitrogen functional groups attached to an aromatic ring is 1. The third kappa shape index (κ3) is 2.44. The van der Waals surface area contributed by atoms with Crippen LogP contribution in [0.2, 0.25) is 0 Å². The van der Waals surface area contributed by atoms with E-state index in [1.807, 2.05) is 0 Å². The Morgan fingerprint density at radius 2 is 2.26 bits per heavy atom. The molecule has 23 heavy (non-hydrogen) atoms. The Kier molecular flexibility index (Phi) is 3.07. The largest absolute Gasteiger partial charge is 0.463 e. The highest BCUT2D eigenvalue weighted by Gasteiger charge is 2.25. The number of nitrogens with zero attached hydrogens (tertiary/aromatic N) is 4. The second kappa shape index (κ2) is 5.24. The van der Waals surface area contributed by atoms with Gasteiger partial charge >= 0.3 is 0 Å². The molecule has 3 aromatic rings. The maximum Gasteiger partial charge on any atom is 0.274 e. The highest BCUT2D eigenvalue weighted by Crippen LogP contribution is 2.22. The van der Waals surface area contributed by atoms with Gasteiger partial charge in [0.1, 0.15) is 11.5 Å². The third-order valence-electron chi connectivity index (χ3n) is 3.83. The second-order valence-electron chi connectivity index (χ2n) is 5.36. The molecule has 0 fully saturated rings. The first-order valence-electron chi connectivity index (χ1n) is 7.20. The van der Waals surface area contributed by atoms with Crippen LogP contribution in [0.1, 0.15) is 21.7 Å². The van der Waals surface area contributed by atoms with Crippen molar-refractivity contribution >= 4 is 11.7 Å². The van der Waals surface area contributed by atoms with Gasteiger partial charge in [-0.3, -0.25) is 9.89 Å². The van der Waals surface area contributed by atoms with Crippen LogP contribution >= 0.6 is 0 Å². The van der Waals surface area contributed by atoms with Crippen molar-refractivity contribution in [3.63, 3.8) is 0 Å². The van der Waals surface area contributed by atoms with Crippen molar-refractivity contribution in [1.29, 1.82) is 0 Å². The molecule has 4 rings (SSSR count). The summed E-state index contributed by atoms with van der Waals surface area (Å²) in [7, 11) is 0. The van der Waals surface area contributed by atoms with Crippen LogP contribution in [0.4, 0.5) is 5.82 Å². The molecule has 0 bridgehead atoms. The minimum absolute atomic E-state index is 0.139. The van der Waals surface area contributed by atoms with E-state index in [0.717, 1.165) is 11.3 Å². The van der Waals surface area contributed by atoms with Crippen molar-refractivity contribution in [2.45, 2.75) is 13.0 Å². The molecule has 0 aromatic carbocycles. The number of rotatable bonds is 2. The lowest BCUT2D eigenvalue weighted by molar-refractivity contribution is 0.0727. The van der Waals surface area contributed by atoms with Gasteiger partial charge in [0, 0.05) is 25.6 Å². The van der Waals surface area contributed by atoms with E-state index in [1.165, 1.54) is 0 Å². The van der Waals surface area contributed by atoms with Gasteiger partial charge in [0.25, 0.3) is 5.91 Å². The number of carbonyl (C=O) groups excluding carboxylic acids is 1. The van der Waals surface area contributed by atoms with Crippen LogP contribution < -0.4 is 5.73 Å². The molecule has 0 saturated carbocycles. The quantitative estimate of drug-likeness (QED) is 0.736. The van der Waals surface area contributed by atoms with Crippen LogP contribution in [0.15, 0.2) is 34.9 Å². The molecule has 1 aliphatic rings. The summed E-state index contributed by atoms with van der Waals surface area (Å²) in [6, 6.07) is 7.04. The minimum atomic E-state index is -0.139. The molecule has 4 heterocycles. The number of hydrogen-bond donors (Lipinski definition) is 2. The van der Waals surface area contributed by atoms with Gasteiger partial charge in [0.15, 0.2) is 11.5 Å². The Bertz CT molecular complexity index is 855. The van der Waals surface area contributed by atoms with Crippen molar-refractivity contribution in [2.75, 3.05) is 12.3 Å². The Labute approximate surface area is 131 Å². The van der Waals surface area contributed by atoms with Crippen LogP contribution in [-0.4, -0.2) is 37.7 Å². The Morgan fingerprint density at radius 3 is 3.09 bits per heavy atom. The lowest BCUT2D eigenvalue weighted by Gasteiger charge is -2.27. The zero-order chi connectivity index (χ0) is 15.8. The average Bonchev–Trinajstić information content (AvgIpc) is 3.24. The smallest absolute Gasteiger partial charge is 0.274 e. The van der Waals surface area contributed by atoms with Gasteiger partial charge in [-0.1, -0.05) is 0 Å². The van der Waals surface area contributed by atoms with E-state index >= 15 is 0 Å². The summed E-state index contributed by atoms with van der Waals surface area (Å²) in [6.07, 6.45) is 2.23. The van der Waals surface area contributed by atoms with Gasteiger partial charge in [-0.15, -0.1) is 5.10 Å². The molecule has 3 N–H and O–H groups in total. The van der Waals surface area contributed by atoms with Crippen LogP contribution in [-0.2, 0) is 13.0 Å². The number of aromatic amines is 1. The van der Waals surface area contributed by atoms with Gasteiger partial charge in [0.05, 0.1) is 12.0 Å². The molecular weight excluding hydrogens is 296 g/mol. The summed E-state index contributed by atoms with van der Waals surface area (Å²) < 4.78 is 5.29. The number of carbonyl (C=O) groups is 1. The first-order valence-corrected chi connectivity index (χ1v) is 7.20. The third-order valence-corrected chi connectivity index (χ3v) is 3.83. The maximum atomic E-state index is 12.6. The fraction of sp³-hybridized carbons (Fsp3) is 0.200. The highest BCUT2D eigenvalue weighted by atomic mass is 16.3. The van der Waals surface area contributed by atoms with E-state index in [0.29, 0.717) is 42.5 Å². The standard InChI is InChI=1S/C15H14N6O2/c16-14-6-9-8-21(4-3-10(9)17-20-14)15(22)12-7-11(18-19-12)13-2-1-5-23-13/h1-2,5-7H,3-4,8H2,(H2,16,20)(H,18,19). The zero-order valence-corrected chi connectivity index (χ0v) is 12.2. The zero-order valence-electron chi connectivity index (χ0n) is 12.2. The molecule has 3 aromatic heterocycles. The molecule has 8 nitrogen and oxygen atoms in total. The monoisotopic (exact) mass is 310 g/mol. The number of nitrogens with one attached hydrogen (secondary N) is 1. The van der Waals surface area contributed by atoms with Gasteiger partial charge in [-0.2, -0.15) is 10.2 Å². The van der Waals surface area contributed by atoms with Crippen LogP contribution in [0.5, 0.6) is 0 Å². The number of furan rings is 1. The van der Waals surface area contributed by atoms with Gasteiger partial charge < -0.3 is 15.1 Å². The molecule has 1 aliphatic heterocycles. The summed E-state index contributed by atoms with van der Waals surface area (Å²) in [5.74, 6) is 0.863. The molecule has 1 amide bonds. The van der Waals surface area contributed by atoms with Crippen molar-refractivity contribution in [2.24, 2.45) is 0 Å². The summed E-state index contributed by atoms with van der Waals surface area (Å²) in [5, 5.41) is 14.8. The number of aromatic nitrogens is 4. The summed E-state index contributed by atoms with van der Waals surface area (Å²) in [6.45, 7) is 1.03. The van der Waals surface area contributed by atoms with E-state index in [-0.39, 0.29) is 5.91 Å². The van der Waals surface area contributed by atoms with Crippen molar-refractivity contribution in [3.8, 4) is 11.5 Å². The van der Waals surface area contributed by atoms with Gasteiger partial charge in [-0.05, 0) is 23.8 Å². The van der Waals surface area contributed by atoms with Crippen molar-refractivity contribution in [1.82, 2.24) is 25.3 Å².